The largest absolute Gasteiger partial charge is 0.493 e. The van der Waals surface area contributed by atoms with Gasteiger partial charge in [0.25, 0.3) is 5.91 Å². The summed E-state index contributed by atoms with van der Waals surface area (Å²) < 4.78 is 16.5. The van der Waals surface area contributed by atoms with E-state index in [4.69, 9.17) is 14.2 Å². The maximum Gasteiger partial charge on any atom is 0.336 e. The van der Waals surface area contributed by atoms with Crippen LogP contribution in [0.5, 0.6) is 17.2 Å². The molecule has 0 saturated heterocycles. The number of hydrogen-bond donors (Lipinski definition) is 1. The normalized spacial score (nSPS) is 11.1. The van der Waals surface area contributed by atoms with Crippen LogP contribution in [0, 0.1) is 11.3 Å². The summed E-state index contributed by atoms with van der Waals surface area (Å²) in [5, 5.41) is 12.0. The number of nitrogens with one attached hydrogen (secondary N) is 1. The molecule has 0 radical (unpaired) electrons. The van der Waals surface area contributed by atoms with E-state index >= 15 is 0 Å². The van der Waals surface area contributed by atoms with Gasteiger partial charge in [0.05, 0.1) is 13.7 Å². The highest BCUT2D eigenvalue weighted by molar-refractivity contribution is 6.01. The molecule has 36 heavy (non-hydrogen) atoms. The second-order valence-corrected chi connectivity index (χ2v) is 8.07. The molecule has 0 aromatic heterocycles. The molecule has 0 aliphatic rings. The van der Waals surface area contributed by atoms with Gasteiger partial charge in [0.1, 0.15) is 17.4 Å². The maximum absolute atomic E-state index is 12.3. The van der Waals surface area contributed by atoms with Gasteiger partial charge in [-0.3, -0.25) is 4.79 Å². The lowest BCUT2D eigenvalue weighted by atomic mass is 10.1. The first-order valence-corrected chi connectivity index (χ1v) is 12.2. The van der Waals surface area contributed by atoms with Gasteiger partial charge >= 0.3 is 5.97 Å². The molecule has 0 saturated carbocycles. The Labute approximate surface area is 213 Å². The first kappa shape index (κ1) is 28.2. The Morgan fingerprint density at radius 3 is 2.36 bits per heavy atom. The van der Waals surface area contributed by atoms with Crippen LogP contribution in [0.15, 0.2) is 54.1 Å². The van der Waals surface area contributed by atoms with Crippen molar-refractivity contribution in [2.24, 2.45) is 0 Å². The molecular formula is C29H34N2O5. The van der Waals surface area contributed by atoms with Gasteiger partial charge in [0.15, 0.2) is 11.5 Å². The summed E-state index contributed by atoms with van der Waals surface area (Å²) in [7, 11) is 1.58. The minimum atomic E-state index is -0.537. The number of hydrogen-bond acceptors (Lipinski definition) is 6. The molecule has 7 nitrogen and oxygen atoms in total. The smallest absolute Gasteiger partial charge is 0.336 e. The first-order valence-electron chi connectivity index (χ1n) is 12.2. The molecule has 1 amide bonds. The molecule has 0 spiro atoms. The fourth-order valence-corrected chi connectivity index (χ4v) is 3.18. The zero-order chi connectivity index (χ0) is 26.2. The number of carbonyl (C=O) groups excluding carboxylic acids is 2. The summed E-state index contributed by atoms with van der Waals surface area (Å²) in [4.78, 5) is 24.4. The van der Waals surface area contributed by atoms with Crippen LogP contribution in [0.2, 0.25) is 0 Å². The topological polar surface area (TPSA) is 97.7 Å². The minimum Gasteiger partial charge on any atom is -0.493 e. The van der Waals surface area contributed by atoms with Gasteiger partial charge in [0, 0.05) is 12.6 Å². The van der Waals surface area contributed by atoms with Gasteiger partial charge in [-0.1, -0.05) is 51.3 Å². The lowest BCUT2D eigenvalue weighted by Crippen LogP contribution is -2.25. The standard InChI is InChI=1S/C29H34N2O5/c1-4-6-8-18-35-26-15-11-23(20-27(26)34-3)12-16-28(32)36-25-13-9-22(10-14-25)19-24(21-30)29(33)31-17-7-5-2/h9-16,19-20H,4-8,17-18H2,1-3H3,(H,31,33)/b16-12+,24-19+. The third kappa shape index (κ3) is 9.67. The van der Waals surface area contributed by atoms with Gasteiger partial charge in [-0.05, 0) is 60.4 Å². The number of nitrogens with zero attached hydrogens (tertiary/aromatic N) is 1. The number of nitriles is 1. The Morgan fingerprint density at radius 1 is 0.972 bits per heavy atom. The molecule has 0 heterocycles. The van der Waals surface area contributed by atoms with E-state index in [0.717, 1.165) is 37.7 Å². The molecule has 0 atom stereocenters. The molecule has 1 N–H and O–H groups in total. The fourth-order valence-electron chi connectivity index (χ4n) is 3.18. The van der Waals surface area contributed by atoms with Crippen molar-refractivity contribution >= 4 is 24.0 Å². The lowest BCUT2D eigenvalue weighted by molar-refractivity contribution is -0.128. The zero-order valence-corrected chi connectivity index (χ0v) is 21.2. The molecule has 2 aromatic rings. The summed E-state index contributed by atoms with van der Waals surface area (Å²) in [5.74, 6) is 0.674. The summed E-state index contributed by atoms with van der Waals surface area (Å²) in [6, 6.07) is 13.9. The van der Waals surface area contributed by atoms with E-state index in [9.17, 15) is 14.9 Å². The van der Waals surface area contributed by atoms with Crippen LogP contribution in [0.25, 0.3) is 12.2 Å². The van der Waals surface area contributed by atoms with Crippen molar-refractivity contribution in [2.75, 3.05) is 20.3 Å². The molecule has 2 aromatic carbocycles. The number of methoxy groups -OCH3 is 1. The highest BCUT2D eigenvalue weighted by Crippen LogP contribution is 2.29. The van der Waals surface area contributed by atoms with E-state index in [1.807, 2.05) is 25.1 Å². The summed E-state index contributed by atoms with van der Waals surface area (Å²) >= 11 is 0. The predicted octanol–water partition coefficient (Wildman–Crippen LogP) is 5.71. The molecule has 0 aliphatic carbocycles. The number of carbonyl (C=O) groups is 2. The number of amides is 1. The van der Waals surface area contributed by atoms with Crippen molar-refractivity contribution < 1.29 is 23.8 Å². The second-order valence-electron chi connectivity index (χ2n) is 8.07. The quantitative estimate of drug-likeness (QED) is 0.120. The monoisotopic (exact) mass is 490 g/mol. The van der Waals surface area contributed by atoms with Gasteiger partial charge < -0.3 is 19.5 Å². The van der Waals surface area contributed by atoms with E-state index < -0.39 is 11.9 Å². The average molecular weight is 491 g/mol. The molecular weight excluding hydrogens is 456 g/mol. The Balaban J connectivity index is 1.95. The summed E-state index contributed by atoms with van der Waals surface area (Å²) in [6.45, 7) is 5.32. The molecule has 7 heteroatoms. The number of rotatable bonds is 14. The van der Waals surface area contributed by atoms with E-state index in [-0.39, 0.29) is 5.57 Å². The second kappa shape index (κ2) is 15.8. The Bertz CT molecular complexity index is 1100. The maximum atomic E-state index is 12.3. The SMILES string of the molecule is CCCCCOc1ccc(/C=C/C(=O)Oc2ccc(/C=C(\C#N)C(=O)NCCCC)cc2)cc1OC. The molecule has 0 aliphatic heterocycles. The molecule has 0 bridgehead atoms. The van der Waals surface area contributed by atoms with Gasteiger partial charge in [-0.2, -0.15) is 5.26 Å². The van der Waals surface area contributed by atoms with Crippen LogP contribution < -0.4 is 19.5 Å². The third-order valence-electron chi connectivity index (χ3n) is 5.20. The summed E-state index contributed by atoms with van der Waals surface area (Å²) in [5.41, 5.74) is 1.44. The third-order valence-corrected chi connectivity index (χ3v) is 5.20. The van der Waals surface area contributed by atoms with Crippen molar-refractivity contribution in [1.29, 1.82) is 5.26 Å². The molecule has 190 valence electrons. The van der Waals surface area contributed by atoms with Crippen LogP contribution in [-0.4, -0.2) is 32.1 Å². The molecule has 0 unspecified atom stereocenters. The number of esters is 1. The summed E-state index contributed by atoms with van der Waals surface area (Å²) in [6.07, 6.45) is 9.50. The Morgan fingerprint density at radius 2 is 1.69 bits per heavy atom. The minimum absolute atomic E-state index is 0.0200. The highest BCUT2D eigenvalue weighted by Gasteiger charge is 2.09. The van der Waals surface area contributed by atoms with Crippen molar-refractivity contribution in [3.8, 4) is 23.3 Å². The van der Waals surface area contributed by atoms with Crippen molar-refractivity contribution in [1.82, 2.24) is 5.32 Å². The van der Waals surface area contributed by atoms with E-state index in [1.165, 1.54) is 12.2 Å². The number of benzene rings is 2. The highest BCUT2D eigenvalue weighted by atomic mass is 16.5. The van der Waals surface area contributed by atoms with Crippen LogP contribution >= 0.6 is 0 Å². The van der Waals surface area contributed by atoms with Gasteiger partial charge in [-0.25, -0.2) is 4.79 Å². The van der Waals surface area contributed by atoms with Crippen molar-refractivity contribution in [3.05, 3.63) is 65.2 Å². The van der Waals surface area contributed by atoms with Crippen LogP contribution in [0.1, 0.15) is 57.1 Å². The predicted molar refractivity (Wildman–Crippen MR) is 141 cm³/mol. The van der Waals surface area contributed by atoms with Crippen LogP contribution in [0.4, 0.5) is 0 Å². The molecule has 0 fully saturated rings. The van der Waals surface area contributed by atoms with Crippen LogP contribution in [-0.2, 0) is 9.59 Å². The zero-order valence-electron chi connectivity index (χ0n) is 21.2. The molecule has 2 rings (SSSR count). The Kier molecular flexibility index (Phi) is 12.4. The average Bonchev–Trinajstić information content (AvgIpc) is 2.89. The van der Waals surface area contributed by atoms with Crippen LogP contribution in [0.3, 0.4) is 0 Å². The number of unbranched alkanes of at least 4 members (excludes halogenated alkanes) is 3. The van der Waals surface area contributed by atoms with Gasteiger partial charge in [0.2, 0.25) is 0 Å². The van der Waals surface area contributed by atoms with E-state index in [2.05, 4.69) is 12.2 Å². The number of ether oxygens (including phenoxy) is 3. The first-order chi connectivity index (χ1) is 17.5. The Hall–Kier alpha value is -4.05. The van der Waals surface area contributed by atoms with Gasteiger partial charge in [-0.15, -0.1) is 0 Å². The fraction of sp³-hybridized carbons (Fsp3) is 0.345. The van der Waals surface area contributed by atoms with E-state index in [1.54, 1.807) is 43.5 Å². The lowest BCUT2D eigenvalue weighted by Gasteiger charge is -2.11. The van der Waals surface area contributed by atoms with Crippen molar-refractivity contribution in [3.63, 3.8) is 0 Å². The van der Waals surface area contributed by atoms with E-state index in [0.29, 0.717) is 36.0 Å². The van der Waals surface area contributed by atoms with Crippen molar-refractivity contribution in [2.45, 2.75) is 46.0 Å².